The van der Waals surface area contributed by atoms with Crippen molar-refractivity contribution in [2.24, 2.45) is 11.8 Å². The van der Waals surface area contributed by atoms with E-state index in [-0.39, 0.29) is 21.7 Å². The molecule has 8 heteroatoms. The molecule has 1 fully saturated rings. The fourth-order valence-corrected chi connectivity index (χ4v) is 5.53. The fraction of sp³-hybridized carbons (Fsp3) is 0.318. The summed E-state index contributed by atoms with van der Waals surface area (Å²) in [5.41, 5.74) is 0.679. The molecule has 1 aliphatic rings. The molecule has 2 unspecified atom stereocenters. The summed E-state index contributed by atoms with van der Waals surface area (Å²) < 4.78 is 47.1. The Balaban J connectivity index is 1.85. The van der Waals surface area contributed by atoms with Gasteiger partial charge in [-0.25, -0.2) is 12.8 Å². The Morgan fingerprint density at radius 2 is 1.63 bits per heavy atom. The van der Waals surface area contributed by atoms with Crippen LogP contribution in [0.5, 0.6) is 0 Å². The van der Waals surface area contributed by atoms with Crippen molar-refractivity contribution in [2.75, 3.05) is 18.0 Å². The topological polar surface area (TPSA) is 63.4 Å². The van der Waals surface area contributed by atoms with Gasteiger partial charge in [0, 0.05) is 23.1 Å². The second-order valence-electron chi connectivity index (χ2n) is 7.94. The molecule has 158 valence electrons. The standard InChI is InChI=1S/C22H22BrFN2O3S/c1-14-11-15(2)13-26(12-14)22-21(30(27,28)19-9-7-18(24)8-10-19)25-20(29-22)16-3-5-17(23)6-4-16/h3-10,14-15H,11-13H2,1-2H3. The number of anilines is 1. The van der Waals surface area contributed by atoms with Crippen LogP contribution in [-0.4, -0.2) is 26.5 Å². The van der Waals surface area contributed by atoms with E-state index < -0.39 is 15.7 Å². The molecule has 2 aromatic carbocycles. The third-order valence-corrected chi connectivity index (χ3v) is 7.40. The zero-order chi connectivity index (χ0) is 21.5. The Kier molecular flexibility index (Phi) is 5.72. The van der Waals surface area contributed by atoms with E-state index in [9.17, 15) is 12.8 Å². The van der Waals surface area contributed by atoms with Crippen LogP contribution >= 0.6 is 15.9 Å². The molecule has 0 bridgehead atoms. The number of hydrogen-bond acceptors (Lipinski definition) is 5. The summed E-state index contributed by atoms with van der Waals surface area (Å²) in [6, 6.07) is 12.1. The minimum atomic E-state index is -3.99. The van der Waals surface area contributed by atoms with E-state index in [0.29, 0.717) is 30.5 Å². The van der Waals surface area contributed by atoms with Gasteiger partial charge in [0.15, 0.2) is 0 Å². The van der Waals surface area contributed by atoms with Gasteiger partial charge in [-0.3, -0.25) is 0 Å². The zero-order valence-corrected chi connectivity index (χ0v) is 19.1. The van der Waals surface area contributed by atoms with E-state index in [1.54, 1.807) is 0 Å². The van der Waals surface area contributed by atoms with Crippen molar-refractivity contribution in [3.63, 3.8) is 0 Å². The van der Waals surface area contributed by atoms with Crippen molar-refractivity contribution in [2.45, 2.75) is 30.2 Å². The van der Waals surface area contributed by atoms with Crippen LogP contribution in [0.4, 0.5) is 10.3 Å². The molecule has 4 rings (SSSR count). The van der Waals surface area contributed by atoms with Crippen LogP contribution in [-0.2, 0) is 9.84 Å². The van der Waals surface area contributed by atoms with Gasteiger partial charge in [0.25, 0.3) is 0 Å². The predicted molar refractivity (Wildman–Crippen MR) is 117 cm³/mol. The quantitative estimate of drug-likeness (QED) is 0.446. The number of nitrogens with zero attached hydrogens (tertiary/aromatic N) is 2. The zero-order valence-electron chi connectivity index (χ0n) is 16.7. The lowest BCUT2D eigenvalue weighted by Gasteiger charge is -2.34. The molecular weight excluding hydrogens is 471 g/mol. The number of benzene rings is 2. The molecular formula is C22H22BrFN2O3S. The lowest BCUT2D eigenvalue weighted by molar-refractivity contribution is 0.342. The van der Waals surface area contributed by atoms with Crippen LogP contribution in [0.2, 0.25) is 0 Å². The minimum absolute atomic E-state index is 0.0149. The van der Waals surface area contributed by atoms with Crippen molar-refractivity contribution in [3.8, 4) is 11.5 Å². The van der Waals surface area contributed by atoms with Gasteiger partial charge in [-0.05, 0) is 66.8 Å². The van der Waals surface area contributed by atoms with E-state index in [0.717, 1.165) is 23.0 Å². The van der Waals surface area contributed by atoms with Crippen LogP contribution in [0.25, 0.3) is 11.5 Å². The highest BCUT2D eigenvalue weighted by Gasteiger charge is 2.34. The first-order chi connectivity index (χ1) is 14.2. The third-order valence-electron chi connectivity index (χ3n) is 5.21. The SMILES string of the molecule is CC1CC(C)CN(c2oc(-c3ccc(Br)cc3)nc2S(=O)(=O)c2ccc(F)cc2)C1. The van der Waals surface area contributed by atoms with Gasteiger partial charge in [-0.2, -0.15) is 4.98 Å². The Hall–Kier alpha value is -2.19. The average Bonchev–Trinajstić information content (AvgIpc) is 3.14. The summed E-state index contributed by atoms with van der Waals surface area (Å²) in [6.45, 7) is 5.65. The number of halogens is 2. The molecule has 0 spiro atoms. The van der Waals surface area contributed by atoms with Crippen LogP contribution in [0.3, 0.4) is 0 Å². The molecule has 0 N–H and O–H groups in total. The molecule has 0 amide bonds. The van der Waals surface area contributed by atoms with Gasteiger partial charge in [-0.15, -0.1) is 0 Å². The molecule has 1 aliphatic heterocycles. The molecule has 2 atom stereocenters. The Bertz CT molecular complexity index is 1130. The van der Waals surface area contributed by atoms with Crippen LogP contribution in [0, 0.1) is 17.7 Å². The maximum absolute atomic E-state index is 13.4. The predicted octanol–water partition coefficient (Wildman–Crippen LogP) is 5.56. The molecule has 1 saturated heterocycles. The van der Waals surface area contributed by atoms with Crippen LogP contribution in [0.15, 0.2) is 67.3 Å². The molecule has 0 radical (unpaired) electrons. The highest BCUT2D eigenvalue weighted by atomic mass is 79.9. The van der Waals surface area contributed by atoms with Gasteiger partial charge in [0.1, 0.15) is 5.82 Å². The third kappa shape index (κ3) is 4.16. The van der Waals surface area contributed by atoms with Crippen molar-refractivity contribution >= 4 is 31.7 Å². The lowest BCUT2D eigenvalue weighted by Crippen LogP contribution is -2.39. The first-order valence-corrected chi connectivity index (χ1v) is 12.0. The van der Waals surface area contributed by atoms with Crippen molar-refractivity contribution < 1.29 is 17.2 Å². The second kappa shape index (κ2) is 8.15. The monoisotopic (exact) mass is 492 g/mol. The number of sulfone groups is 1. The maximum Gasteiger partial charge on any atom is 0.236 e. The summed E-state index contributed by atoms with van der Waals surface area (Å²) in [5, 5.41) is -0.131. The highest BCUT2D eigenvalue weighted by molar-refractivity contribution is 9.10. The Labute approximate surface area is 184 Å². The number of hydrogen-bond donors (Lipinski definition) is 0. The smallest absolute Gasteiger partial charge is 0.236 e. The van der Waals surface area contributed by atoms with Gasteiger partial charge < -0.3 is 9.32 Å². The summed E-state index contributed by atoms with van der Waals surface area (Å²) in [7, 11) is -3.99. The molecule has 1 aromatic heterocycles. The first-order valence-electron chi connectivity index (χ1n) is 9.76. The number of aromatic nitrogens is 1. The highest BCUT2D eigenvalue weighted by Crippen LogP contribution is 2.37. The Morgan fingerprint density at radius 1 is 1.03 bits per heavy atom. The van der Waals surface area contributed by atoms with Crippen molar-refractivity contribution in [1.29, 1.82) is 0 Å². The summed E-state index contributed by atoms with van der Waals surface area (Å²) in [5.74, 6) is 0.788. The van der Waals surface area contributed by atoms with Crippen molar-refractivity contribution in [1.82, 2.24) is 4.98 Å². The number of piperidine rings is 1. The maximum atomic E-state index is 13.4. The van der Waals surface area contributed by atoms with E-state index in [1.807, 2.05) is 29.2 Å². The number of oxazole rings is 1. The molecule has 2 heterocycles. The normalized spacial score (nSPS) is 19.8. The minimum Gasteiger partial charge on any atom is -0.419 e. The fourth-order valence-electron chi connectivity index (χ4n) is 3.94. The molecule has 3 aromatic rings. The van der Waals surface area contributed by atoms with E-state index in [4.69, 9.17) is 4.42 Å². The lowest BCUT2D eigenvalue weighted by atomic mass is 9.92. The van der Waals surface area contributed by atoms with E-state index in [2.05, 4.69) is 34.8 Å². The molecule has 30 heavy (non-hydrogen) atoms. The first kappa shape index (κ1) is 21.1. The number of rotatable bonds is 4. The van der Waals surface area contributed by atoms with Crippen LogP contribution < -0.4 is 4.90 Å². The summed E-state index contributed by atoms with van der Waals surface area (Å²) >= 11 is 3.40. The van der Waals surface area contributed by atoms with Crippen LogP contribution in [0.1, 0.15) is 20.3 Å². The van der Waals surface area contributed by atoms with Gasteiger partial charge in [0.05, 0.1) is 4.90 Å². The van der Waals surface area contributed by atoms with Gasteiger partial charge in [0.2, 0.25) is 26.6 Å². The molecule has 5 nitrogen and oxygen atoms in total. The van der Waals surface area contributed by atoms with Crippen molar-refractivity contribution in [3.05, 3.63) is 58.8 Å². The molecule has 0 aliphatic carbocycles. The molecule has 0 saturated carbocycles. The second-order valence-corrected chi connectivity index (χ2v) is 10.7. The summed E-state index contributed by atoms with van der Waals surface area (Å²) in [6.07, 6.45) is 1.07. The largest absolute Gasteiger partial charge is 0.419 e. The van der Waals surface area contributed by atoms with E-state index >= 15 is 0 Å². The summed E-state index contributed by atoms with van der Waals surface area (Å²) in [4.78, 5) is 6.35. The Morgan fingerprint density at radius 3 is 2.23 bits per heavy atom. The van der Waals surface area contributed by atoms with E-state index in [1.165, 1.54) is 12.1 Å². The van der Waals surface area contributed by atoms with Gasteiger partial charge >= 0.3 is 0 Å². The average molecular weight is 493 g/mol. The van der Waals surface area contributed by atoms with Gasteiger partial charge in [-0.1, -0.05) is 29.8 Å².